The Morgan fingerprint density at radius 3 is 2.29 bits per heavy atom. The van der Waals surface area contributed by atoms with Gasteiger partial charge in [-0.2, -0.15) is 5.48 Å². The van der Waals surface area contributed by atoms with Gasteiger partial charge in [-0.1, -0.05) is 48.2 Å². The molecule has 0 radical (unpaired) electrons. The van der Waals surface area contributed by atoms with Gasteiger partial charge < -0.3 is 30.3 Å². The van der Waals surface area contributed by atoms with Crippen molar-refractivity contribution in [3.63, 3.8) is 0 Å². The van der Waals surface area contributed by atoms with Gasteiger partial charge in [0.2, 0.25) is 6.29 Å². The number of hydrogen-bond donors (Lipinski definition) is 4. The van der Waals surface area contributed by atoms with Crippen LogP contribution in [0.15, 0.2) is 82.6 Å². The number of carboxylic acids is 1. The summed E-state index contributed by atoms with van der Waals surface area (Å²) in [4.78, 5) is 20.9. The molecule has 4 rings (SSSR count). The summed E-state index contributed by atoms with van der Waals surface area (Å²) in [7, 11) is 0. The molecule has 5 N–H and O–H groups in total. The van der Waals surface area contributed by atoms with Gasteiger partial charge in [-0.25, -0.2) is 0 Å². The van der Waals surface area contributed by atoms with Crippen LogP contribution in [0.3, 0.4) is 0 Å². The van der Waals surface area contributed by atoms with Gasteiger partial charge in [-0.3, -0.25) is 9.63 Å². The van der Waals surface area contributed by atoms with Crippen LogP contribution in [0.4, 0.5) is 11.4 Å². The van der Waals surface area contributed by atoms with Crippen LogP contribution in [0.25, 0.3) is 0 Å². The van der Waals surface area contributed by atoms with Crippen LogP contribution in [0.1, 0.15) is 31.7 Å². The number of para-hydroxylation sites is 2. The molecule has 0 bridgehead atoms. The number of aliphatic hydroxyl groups is 1. The summed E-state index contributed by atoms with van der Waals surface area (Å²) in [6, 6.07) is 23.8. The highest BCUT2D eigenvalue weighted by Gasteiger charge is 2.23. The maximum atomic E-state index is 10.8. The smallest absolute Gasteiger partial charge is 0.320 e. The molecular formula is C31H39N3O6S. The van der Waals surface area contributed by atoms with Crippen molar-refractivity contribution >= 4 is 29.1 Å². The molecule has 9 nitrogen and oxygen atoms in total. The minimum absolute atomic E-state index is 0.389. The molecule has 1 heterocycles. The topological polar surface area (TPSA) is 127 Å². The third-order valence-corrected chi connectivity index (χ3v) is 7.87. The third-order valence-electron chi connectivity index (χ3n) is 6.74. The van der Waals surface area contributed by atoms with Crippen molar-refractivity contribution in [2.24, 2.45) is 5.73 Å². The highest BCUT2D eigenvalue weighted by Crippen LogP contribution is 2.47. The molecule has 3 atom stereocenters. The number of aliphatic carboxylic acids is 1. The molecule has 0 saturated heterocycles. The van der Waals surface area contributed by atoms with Crippen molar-refractivity contribution in [1.29, 1.82) is 0 Å². The summed E-state index contributed by atoms with van der Waals surface area (Å²) in [5, 5.41) is 19.3. The summed E-state index contributed by atoms with van der Waals surface area (Å²) in [5.41, 5.74) is 11.6. The van der Waals surface area contributed by atoms with Crippen LogP contribution in [0.5, 0.6) is 5.75 Å². The second-order valence-corrected chi connectivity index (χ2v) is 10.8. The van der Waals surface area contributed by atoms with E-state index in [9.17, 15) is 9.90 Å². The Labute approximate surface area is 245 Å². The first kappa shape index (κ1) is 30.8. The number of unbranched alkanes of at least 4 members (excludes halogenated alkanes) is 1. The summed E-state index contributed by atoms with van der Waals surface area (Å²) in [6.07, 6.45) is 0.437. The first-order valence-electron chi connectivity index (χ1n) is 14.0. The Balaban J connectivity index is 1.23. The maximum Gasteiger partial charge on any atom is 0.320 e. The highest BCUT2D eigenvalue weighted by molar-refractivity contribution is 7.99. The number of nitrogens with two attached hydrogens (primary N) is 1. The first-order valence-corrected chi connectivity index (χ1v) is 14.8. The fraction of sp³-hybridized carbons (Fsp3) is 0.387. The SMILES string of the molecule is CCOC(Cc1ccc(OCCN2c3ccccc3Sc3ccccc32)cc1)C(O)ONCCCCC(N)C(=O)O. The predicted molar refractivity (Wildman–Crippen MR) is 160 cm³/mol. The molecule has 41 heavy (non-hydrogen) atoms. The van der Waals surface area contributed by atoms with Crippen LogP contribution in [-0.4, -0.2) is 60.9 Å². The number of carboxylic acid groups (broad SMARTS) is 1. The van der Waals surface area contributed by atoms with E-state index >= 15 is 0 Å². The van der Waals surface area contributed by atoms with Crippen molar-refractivity contribution in [2.75, 3.05) is 31.2 Å². The van der Waals surface area contributed by atoms with E-state index in [1.165, 1.54) is 21.2 Å². The van der Waals surface area contributed by atoms with Crippen LogP contribution < -0.4 is 20.9 Å². The van der Waals surface area contributed by atoms with Gasteiger partial charge in [0.1, 0.15) is 24.5 Å². The number of aliphatic hydroxyl groups excluding tert-OH is 1. The number of nitrogens with zero attached hydrogens (tertiary/aromatic N) is 1. The summed E-state index contributed by atoms with van der Waals surface area (Å²) in [5.74, 6) is -0.228. The lowest BCUT2D eigenvalue weighted by Crippen LogP contribution is -2.38. The Kier molecular flexibility index (Phi) is 11.9. The average Bonchev–Trinajstić information content (AvgIpc) is 2.98. The minimum Gasteiger partial charge on any atom is -0.492 e. The molecule has 0 saturated carbocycles. The zero-order valence-corrected chi connectivity index (χ0v) is 24.1. The number of nitrogens with one attached hydrogen (secondary N) is 1. The van der Waals surface area contributed by atoms with E-state index in [-0.39, 0.29) is 0 Å². The fourth-order valence-electron chi connectivity index (χ4n) is 4.59. The van der Waals surface area contributed by atoms with Gasteiger partial charge in [-0.05, 0) is 68.1 Å². The van der Waals surface area contributed by atoms with Crippen molar-refractivity contribution in [3.8, 4) is 5.75 Å². The molecule has 0 aliphatic carbocycles. The standard InChI is InChI=1S/C31H39N3O6S/c1-2-38-27(31(37)40-33-18-8-7-9-24(32)30(35)36)21-22-14-16-23(17-15-22)39-20-19-34-25-10-3-5-12-28(25)41-29-13-6-4-11-26(29)34/h3-6,10-17,24,27,31,33,37H,2,7-9,18-21,32H2,1H3,(H,35,36). The lowest BCUT2D eigenvalue weighted by atomic mass is 10.1. The third kappa shape index (κ3) is 8.93. The second-order valence-electron chi connectivity index (χ2n) is 9.72. The molecule has 1 aliphatic rings. The molecular weight excluding hydrogens is 542 g/mol. The van der Waals surface area contributed by atoms with E-state index in [4.69, 9.17) is 25.2 Å². The van der Waals surface area contributed by atoms with E-state index in [0.717, 1.165) is 11.3 Å². The lowest BCUT2D eigenvalue weighted by Gasteiger charge is -2.32. The Morgan fingerprint density at radius 2 is 1.66 bits per heavy atom. The molecule has 3 unspecified atom stereocenters. The zero-order valence-electron chi connectivity index (χ0n) is 23.3. The molecule has 220 valence electrons. The summed E-state index contributed by atoms with van der Waals surface area (Å²) < 4.78 is 11.8. The van der Waals surface area contributed by atoms with Gasteiger partial charge in [-0.15, -0.1) is 0 Å². The van der Waals surface area contributed by atoms with E-state index in [1.54, 1.807) is 11.8 Å². The molecule has 1 aliphatic heterocycles. The number of fused-ring (bicyclic) bond motifs is 2. The van der Waals surface area contributed by atoms with E-state index in [0.29, 0.717) is 52.0 Å². The second kappa shape index (κ2) is 15.8. The monoisotopic (exact) mass is 581 g/mol. The Morgan fingerprint density at radius 1 is 1.00 bits per heavy atom. The number of carbonyl (C=O) groups is 1. The van der Waals surface area contributed by atoms with Crippen molar-refractivity contribution < 1.29 is 29.3 Å². The van der Waals surface area contributed by atoms with Gasteiger partial charge >= 0.3 is 5.97 Å². The molecule has 0 fully saturated rings. The number of benzene rings is 3. The number of hydrogen-bond acceptors (Lipinski definition) is 9. The molecule has 10 heteroatoms. The fourth-order valence-corrected chi connectivity index (χ4v) is 5.69. The van der Waals surface area contributed by atoms with Gasteiger partial charge in [0.15, 0.2) is 0 Å². The molecule has 0 amide bonds. The van der Waals surface area contributed by atoms with Crippen molar-refractivity contribution in [1.82, 2.24) is 5.48 Å². The number of hydroxylamine groups is 1. The highest BCUT2D eigenvalue weighted by atomic mass is 32.2. The van der Waals surface area contributed by atoms with Crippen molar-refractivity contribution in [2.45, 2.75) is 60.8 Å². The Hall–Kier alpha value is -3.12. The van der Waals surface area contributed by atoms with Crippen LogP contribution >= 0.6 is 11.8 Å². The van der Waals surface area contributed by atoms with Crippen LogP contribution in [0.2, 0.25) is 0 Å². The maximum absolute atomic E-state index is 10.8. The summed E-state index contributed by atoms with van der Waals surface area (Å²) in [6.45, 7) is 4.00. The number of ether oxygens (including phenoxy) is 2. The van der Waals surface area contributed by atoms with E-state index in [2.05, 4.69) is 58.9 Å². The molecule has 0 spiro atoms. The predicted octanol–water partition coefficient (Wildman–Crippen LogP) is 4.74. The van der Waals surface area contributed by atoms with E-state index < -0.39 is 24.4 Å². The normalized spacial score (nSPS) is 14.6. The molecule has 0 aromatic heterocycles. The molecule has 3 aromatic rings. The van der Waals surface area contributed by atoms with Gasteiger partial charge in [0, 0.05) is 29.4 Å². The van der Waals surface area contributed by atoms with Gasteiger partial charge in [0.25, 0.3) is 0 Å². The number of anilines is 2. The lowest BCUT2D eigenvalue weighted by molar-refractivity contribution is -0.207. The zero-order chi connectivity index (χ0) is 29.0. The largest absolute Gasteiger partial charge is 0.492 e. The quantitative estimate of drug-likeness (QED) is 0.101. The van der Waals surface area contributed by atoms with E-state index in [1.807, 2.05) is 31.2 Å². The first-order chi connectivity index (χ1) is 20.0. The molecule has 3 aromatic carbocycles. The van der Waals surface area contributed by atoms with Crippen LogP contribution in [0, 0.1) is 0 Å². The summed E-state index contributed by atoms with van der Waals surface area (Å²) >= 11 is 1.79. The number of rotatable bonds is 17. The Bertz CT molecular complexity index is 1200. The average molecular weight is 582 g/mol. The van der Waals surface area contributed by atoms with Crippen LogP contribution in [-0.2, 0) is 20.8 Å². The van der Waals surface area contributed by atoms with Gasteiger partial charge in [0.05, 0.1) is 17.9 Å². The minimum atomic E-state index is -1.17. The van der Waals surface area contributed by atoms with Crippen molar-refractivity contribution in [3.05, 3.63) is 78.4 Å².